The van der Waals surface area contributed by atoms with E-state index < -0.39 is 0 Å². The van der Waals surface area contributed by atoms with E-state index in [4.69, 9.17) is 14.6 Å². The van der Waals surface area contributed by atoms with E-state index in [1.807, 2.05) is 43.3 Å². The largest absolute Gasteiger partial charge is 0.490 e. The van der Waals surface area contributed by atoms with Gasteiger partial charge < -0.3 is 19.6 Å². The molecule has 0 fully saturated rings. The summed E-state index contributed by atoms with van der Waals surface area (Å²) in [6.45, 7) is 4.63. The van der Waals surface area contributed by atoms with Gasteiger partial charge >= 0.3 is 0 Å². The van der Waals surface area contributed by atoms with Crippen molar-refractivity contribution in [2.75, 3.05) is 26.4 Å². The molecule has 4 rings (SSSR count). The Balaban J connectivity index is 1.50. The van der Waals surface area contributed by atoms with Crippen LogP contribution in [-0.2, 0) is 19.5 Å². The number of aliphatic hydroxyl groups is 1. The minimum atomic E-state index is -0.113. The first-order chi connectivity index (χ1) is 15.2. The fourth-order valence-electron chi connectivity index (χ4n) is 3.69. The summed E-state index contributed by atoms with van der Waals surface area (Å²) in [5.74, 6) is 1.79. The van der Waals surface area contributed by atoms with Gasteiger partial charge in [0.25, 0.3) is 5.56 Å². The van der Waals surface area contributed by atoms with Crippen LogP contribution in [0.15, 0.2) is 47.4 Å². The highest BCUT2D eigenvalue weighted by Gasteiger charge is 2.22. The van der Waals surface area contributed by atoms with Crippen LogP contribution in [-0.4, -0.2) is 51.3 Å². The number of aromatic nitrogens is 3. The van der Waals surface area contributed by atoms with Crippen molar-refractivity contribution in [1.29, 1.82) is 0 Å². The molecular formula is C23H26N4O4. The second kappa shape index (κ2) is 9.72. The average Bonchev–Trinajstić information content (AvgIpc) is 2.80. The normalized spacial score (nSPS) is 13.6. The molecule has 3 heterocycles. The lowest BCUT2D eigenvalue weighted by atomic mass is 10.1. The summed E-state index contributed by atoms with van der Waals surface area (Å²) >= 11 is 0. The van der Waals surface area contributed by atoms with Gasteiger partial charge in [-0.25, -0.2) is 4.98 Å². The van der Waals surface area contributed by atoms with Gasteiger partial charge in [0.15, 0.2) is 17.3 Å². The molecule has 0 aliphatic carbocycles. The molecule has 0 unspecified atom stereocenters. The molecule has 3 aromatic rings. The summed E-state index contributed by atoms with van der Waals surface area (Å²) < 4.78 is 11.2. The Hall–Kier alpha value is -3.23. The molecule has 1 aliphatic heterocycles. The highest BCUT2D eigenvalue weighted by atomic mass is 16.5. The number of rotatable bonds is 8. The Bertz CT molecular complexity index is 1080. The van der Waals surface area contributed by atoms with Crippen molar-refractivity contribution in [1.82, 2.24) is 19.9 Å². The molecule has 2 aromatic heterocycles. The third-order valence-electron chi connectivity index (χ3n) is 5.12. The molecule has 1 aromatic carbocycles. The van der Waals surface area contributed by atoms with Crippen LogP contribution in [0.1, 0.15) is 23.7 Å². The topological polar surface area (TPSA) is 101 Å². The fraction of sp³-hybridized carbons (Fsp3) is 0.348. The molecule has 0 saturated carbocycles. The van der Waals surface area contributed by atoms with Gasteiger partial charge in [-0.1, -0.05) is 12.1 Å². The number of benzene rings is 1. The van der Waals surface area contributed by atoms with Crippen LogP contribution in [0.25, 0.3) is 11.5 Å². The zero-order valence-electron chi connectivity index (χ0n) is 17.5. The third kappa shape index (κ3) is 4.92. The van der Waals surface area contributed by atoms with Crippen LogP contribution in [0.3, 0.4) is 0 Å². The number of aliphatic hydroxyl groups excluding tert-OH is 1. The molecule has 0 saturated heterocycles. The lowest BCUT2D eigenvalue weighted by Crippen LogP contribution is -2.35. The van der Waals surface area contributed by atoms with Gasteiger partial charge in [0.1, 0.15) is 12.3 Å². The van der Waals surface area contributed by atoms with Crippen LogP contribution >= 0.6 is 0 Å². The standard InChI is InChI=1S/C23H26N4O4/c1-2-30-21-13-16(6-7-20(21)31-12-11-28)14-27-10-8-18-17(15-27)23(29)26-22(25-18)19-5-3-4-9-24-19/h3-7,9,13,28H,2,8,10-12,14-15H2,1H3,(H,25,26,29). The van der Waals surface area contributed by atoms with Gasteiger partial charge in [-0.2, -0.15) is 0 Å². The molecule has 2 N–H and O–H groups in total. The first kappa shape index (κ1) is 21.0. The molecule has 0 bridgehead atoms. The van der Waals surface area contributed by atoms with Crippen LogP contribution in [0, 0.1) is 0 Å². The van der Waals surface area contributed by atoms with Crippen molar-refractivity contribution in [3.8, 4) is 23.0 Å². The third-order valence-corrected chi connectivity index (χ3v) is 5.12. The van der Waals surface area contributed by atoms with E-state index in [2.05, 4.69) is 19.9 Å². The molecule has 1 aliphatic rings. The average molecular weight is 422 g/mol. The maximum atomic E-state index is 12.7. The molecule has 0 radical (unpaired) electrons. The lowest BCUT2D eigenvalue weighted by Gasteiger charge is -2.28. The Morgan fingerprint density at radius 2 is 2.10 bits per heavy atom. The summed E-state index contributed by atoms with van der Waals surface area (Å²) in [6.07, 6.45) is 2.39. The highest BCUT2D eigenvalue weighted by Crippen LogP contribution is 2.29. The Labute approximate surface area is 180 Å². The minimum absolute atomic E-state index is 0.0505. The van der Waals surface area contributed by atoms with E-state index in [9.17, 15) is 4.79 Å². The monoisotopic (exact) mass is 422 g/mol. The summed E-state index contributed by atoms with van der Waals surface area (Å²) in [5.41, 5.74) is 3.16. The van der Waals surface area contributed by atoms with Crippen LogP contribution in [0.4, 0.5) is 0 Å². The Kier molecular flexibility index (Phi) is 6.59. The van der Waals surface area contributed by atoms with Crippen molar-refractivity contribution >= 4 is 0 Å². The maximum Gasteiger partial charge on any atom is 0.255 e. The highest BCUT2D eigenvalue weighted by molar-refractivity contribution is 5.49. The van der Waals surface area contributed by atoms with Gasteiger partial charge in [0, 0.05) is 32.3 Å². The molecule has 31 heavy (non-hydrogen) atoms. The zero-order valence-corrected chi connectivity index (χ0v) is 17.5. The molecule has 0 spiro atoms. The van der Waals surface area contributed by atoms with Crippen molar-refractivity contribution in [2.24, 2.45) is 0 Å². The zero-order chi connectivity index (χ0) is 21.6. The van der Waals surface area contributed by atoms with E-state index in [0.29, 0.717) is 54.7 Å². The summed E-state index contributed by atoms with van der Waals surface area (Å²) in [7, 11) is 0. The first-order valence-electron chi connectivity index (χ1n) is 10.4. The molecule has 0 atom stereocenters. The molecular weight excluding hydrogens is 396 g/mol. The first-order valence-corrected chi connectivity index (χ1v) is 10.4. The van der Waals surface area contributed by atoms with Crippen molar-refractivity contribution in [3.05, 3.63) is 69.8 Å². The SMILES string of the molecule is CCOc1cc(CN2CCc3nc(-c4ccccn4)[nH]c(=O)c3C2)ccc1OCCO. The lowest BCUT2D eigenvalue weighted by molar-refractivity contribution is 0.194. The predicted molar refractivity (Wildman–Crippen MR) is 116 cm³/mol. The minimum Gasteiger partial charge on any atom is -0.490 e. The van der Waals surface area contributed by atoms with Gasteiger partial charge in [-0.15, -0.1) is 0 Å². The van der Waals surface area contributed by atoms with Crippen molar-refractivity contribution < 1.29 is 14.6 Å². The van der Waals surface area contributed by atoms with Crippen molar-refractivity contribution in [3.63, 3.8) is 0 Å². The van der Waals surface area contributed by atoms with Crippen LogP contribution in [0.5, 0.6) is 11.5 Å². The number of hydrogen-bond donors (Lipinski definition) is 2. The van der Waals surface area contributed by atoms with Gasteiger partial charge in [-0.05, 0) is 36.8 Å². The molecule has 0 amide bonds. The van der Waals surface area contributed by atoms with Gasteiger partial charge in [0.2, 0.25) is 0 Å². The summed E-state index contributed by atoms with van der Waals surface area (Å²) in [6, 6.07) is 11.3. The maximum absolute atomic E-state index is 12.7. The number of nitrogens with one attached hydrogen (secondary N) is 1. The number of nitrogens with zero attached hydrogens (tertiary/aromatic N) is 3. The number of aromatic amines is 1. The van der Waals surface area contributed by atoms with Crippen LogP contribution < -0.4 is 15.0 Å². The van der Waals surface area contributed by atoms with E-state index in [-0.39, 0.29) is 18.8 Å². The Morgan fingerprint density at radius 1 is 1.19 bits per heavy atom. The van der Waals surface area contributed by atoms with Gasteiger partial charge in [0.05, 0.1) is 24.5 Å². The Morgan fingerprint density at radius 3 is 2.87 bits per heavy atom. The number of fused-ring (bicyclic) bond motifs is 1. The summed E-state index contributed by atoms with van der Waals surface area (Å²) in [5, 5.41) is 8.99. The van der Waals surface area contributed by atoms with E-state index in [1.165, 1.54) is 0 Å². The molecule has 8 nitrogen and oxygen atoms in total. The number of pyridine rings is 1. The summed E-state index contributed by atoms with van der Waals surface area (Å²) in [4.78, 5) is 26.8. The molecule has 162 valence electrons. The predicted octanol–water partition coefficient (Wildman–Crippen LogP) is 2.16. The number of ether oxygens (including phenoxy) is 2. The quantitative estimate of drug-likeness (QED) is 0.574. The second-order valence-corrected chi connectivity index (χ2v) is 7.30. The number of H-pyrrole nitrogens is 1. The van der Waals surface area contributed by atoms with E-state index in [0.717, 1.165) is 17.8 Å². The van der Waals surface area contributed by atoms with E-state index >= 15 is 0 Å². The second-order valence-electron chi connectivity index (χ2n) is 7.30. The number of hydrogen-bond acceptors (Lipinski definition) is 7. The van der Waals surface area contributed by atoms with Gasteiger partial charge in [-0.3, -0.25) is 14.7 Å². The fourth-order valence-corrected chi connectivity index (χ4v) is 3.69. The van der Waals surface area contributed by atoms with Crippen LogP contribution in [0.2, 0.25) is 0 Å². The smallest absolute Gasteiger partial charge is 0.255 e. The van der Waals surface area contributed by atoms with Crippen molar-refractivity contribution in [2.45, 2.75) is 26.4 Å². The molecule has 8 heteroatoms. The van der Waals surface area contributed by atoms with E-state index in [1.54, 1.807) is 6.20 Å².